The molecule has 4 heteroatoms. The van der Waals surface area contributed by atoms with Crippen molar-refractivity contribution < 1.29 is 29.6 Å². The van der Waals surface area contributed by atoms with Crippen molar-refractivity contribution in [1.82, 2.24) is 15.0 Å². The first kappa shape index (κ1) is 7.01. The summed E-state index contributed by atoms with van der Waals surface area (Å²) in [7, 11) is 0. The predicted octanol–water partition coefficient (Wildman–Crippen LogP) is -3.12. The van der Waals surface area contributed by atoms with Gasteiger partial charge < -0.3 is 0 Å². The zero-order chi connectivity index (χ0) is 4.24. The van der Waals surface area contributed by atoms with E-state index in [4.69, 9.17) is 0 Å². The minimum absolute atomic E-state index is 0. The molecule has 30 valence electrons. The Morgan fingerprint density at radius 1 is 0.714 bits per heavy atom. The summed E-state index contributed by atoms with van der Waals surface area (Å²) in [5.74, 6) is 0. The largest absolute Gasteiger partial charge is 1.00 e. The normalized spacial score (nSPS) is 6.86. The van der Waals surface area contributed by atoms with Crippen LogP contribution in [-0.2, 0) is 0 Å². The van der Waals surface area contributed by atoms with Crippen LogP contribution in [0.25, 0.3) is 0 Å². The molecule has 0 N–H and O–H groups in total. The van der Waals surface area contributed by atoms with Gasteiger partial charge in [0.25, 0.3) is 0 Å². The van der Waals surface area contributed by atoms with Crippen molar-refractivity contribution in [3.8, 4) is 0 Å². The summed E-state index contributed by atoms with van der Waals surface area (Å²) < 4.78 is 0. The topological polar surface area (TPSA) is 38.7 Å². The van der Waals surface area contributed by atoms with Crippen LogP contribution in [0.3, 0.4) is 0 Å². The van der Waals surface area contributed by atoms with Crippen LogP contribution in [0.1, 0.15) is 0 Å². The Bertz CT molecular complexity index is 82.1. The Morgan fingerprint density at radius 2 is 1.00 bits per heavy atom. The molecule has 0 aliphatic heterocycles. The van der Waals surface area contributed by atoms with Gasteiger partial charge in [-0.15, -0.1) is 0 Å². The number of hydrogen-bond acceptors (Lipinski definition) is 3. The van der Waals surface area contributed by atoms with Gasteiger partial charge in [0.05, 0.1) is 0 Å². The average molecular weight is 104 g/mol. The average Bonchev–Trinajstić information content (AvgIpc) is 1.72. The Labute approximate surface area is 63.5 Å². The second kappa shape index (κ2) is 4.18. The van der Waals surface area contributed by atoms with Gasteiger partial charge in [-0.05, 0) is 0 Å². The minimum atomic E-state index is 0. The van der Waals surface area contributed by atoms with Crippen LogP contribution in [0.4, 0.5) is 0 Å². The van der Waals surface area contributed by atoms with E-state index in [1.54, 1.807) is 0 Å². The quantitative estimate of drug-likeness (QED) is 0.327. The Balaban J connectivity index is 0.000000360. The Hall–Kier alpha value is 0.01000. The molecule has 0 aliphatic rings. The molecule has 0 atom stereocenters. The molecule has 7 heavy (non-hydrogen) atoms. The van der Waals surface area contributed by atoms with Crippen LogP contribution in [-0.4, -0.2) is 15.0 Å². The maximum absolute atomic E-state index is 3.56. The molecule has 1 aromatic rings. The monoisotopic (exact) mass is 104 g/mol. The molecular weight excluding hydrogens is 101 g/mol. The van der Waals surface area contributed by atoms with Crippen molar-refractivity contribution in [2.45, 2.75) is 0 Å². The molecule has 0 amide bonds. The summed E-state index contributed by atoms with van der Waals surface area (Å²) in [5, 5.41) is 0. The van der Waals surface area contributed by atoms with Crippen LogP contribution in [0.2, 0.25) is 0 Å². The van der Waals surface area contributed by atoms with Crippen molar-refractivity contribution in [3.05, 3.63) is 19.0 Å². The predicted molar refractivity (Wildman–Crippen MR) is 19.8 cm³/mol. The summed E-state index contributed by atoms with van der Waals surface area (Å²) in [6.07, 6.45) is 4.31. The third kappa shape index (κ3) is 2.68. The molecule has 0 fully saturated rings. The van der Waals surface area contributed by atoms with Crippen molar-refractivity contribution in [2.75, 3.05) is 0 Å². The third-order valence-corrected chi connectivity index (χ3v) is 0.400. The summed E-state index contributed by atoms with van der Waals surface area (Å²) in [6.45, 7) is 0. The fraction of sp³-hybridized carbons (Fsp3) is 0. The van der Waals surface area contributed by atoms with Gasteiger partial charge in [-0.3, -0.25) is 0 Å². The molecule has 1 rings (SSSR count). The summed E-state index contributed by atoms with van der Waals surface area (Å²) in [5.41, 5.74) is 0. The molecule has 0 aromatic carbocycles. The van der Waals surface area contributed by atoms with Crippen LogP contribution in [0, 0.1) is 0 Å². The van der Waals surface area contributed by atoms with E-state index >= 15 is 0 Å². The van der Waals surface area contributed by atoms with Crippen LogP contribution in [0.15, 0.2) is 19.0 Å². The summed E-state index contributed by atoms with van der Waals surface area (Å²) >= 11 is 0. The number of aromatic nitrogens is 3. The maximum Gasteiger partial charge on any atom is 1.00 e. The molecular formula is C3H3N3Na+. The first-order valence-electron chi connectivity index (χ1n) is 1.55. The number of nitrogens with zero attached hydrogens (tertiary/aromatic N) is 3. The van der Waals surface area contributed by atoms with E-state index in [0.29, 0.717) is 0 Å². The Morgan fingerprint density at radius 3 is 1.14 bits per heavy atom. The van der Waals surface area contributed by atoms with E-state index in [1.165, 1.54) is 19.0 Å². The number of rotatable bonds is 0. The standard InChI is InChI=1S/C3H3N3.Na/c1-4-2-6-3-5-1;/h1-3H;/q;+1. The molecule has 1 heterocycles. The fourth-order valence-corrected chi connectivity index (χ4v) is 0.205. The minimum Gasteiger partial charge on any atom is -0.225 e. The van der Waals surface area contributed by atoms with Crippen LogP contribution >= 0.6 is 0 Å². The van der Waals surface area contributed by atoms with E-state index in [0.717, 1.165) is 0 Å². The first-order chi connectivity index (χ1) is 3.00. The first-order valence-corrected chi connectivity index (χ1v) is 1.55. The van der Waals surface area contributed by atoms with Crippen molar-refractivity contribution in [1.29, 1.82) is 0 Å². The van der Waals surface area contributed by atoms with E-state index in [-0.39, 0.29) is 29.6 Å². The van der Waals surface area contributed by atoms with E-state index in [1.807, 2.05) is 0 Å². The Kier molecular flexibility index (Phi) is 4.18. The van der Waals surface area contributed by atoms with Crippen molar-refractivity contribution in [2.24, 2.45) is 0 Å². The third-order valence-electron chi connectivity index (χ3n) is 0.400. The van der Waals surface area contributed by atoms with Gasteiger partial charge in [0, 0.05) is 0 Å². The molecule has 1 aromatic heterocycles. The number of hydrogen-bond donors (Lipinski definition) is 0. The molecule has 0 spiro atoms. The molecule has 0 saturated heterocycles. The van der Waals surface area contributed by atoms with E-state index in [2.05, 4.69) is 15.0 Å². The fourth-order valence-electron chi connectivity index (χ4n) is 0.205. The van der Waals surface area contributed by atoms with Gasteiger partial charge in [0.15, 0.2) is 0 Å². The molecule has 3 nitrogen and oxygen atoms in total. The van der Waals surface area contributed by atoms with Gasteiger partial charge in [-0.25, -0.2) is 15.0 Å². The second-order valence-corrected chi connectivity index (χ2v) is 0.794. The SMILES string of the molecule is [Na+].c1ncncn1. The second-order valence-electron chi connectivity index (χ2n) is 0.794. The summed E-state index contributed by atoms with van der Waals surface area (Å²) in [6, 6.07) is 0. The van der Waals surface area contributed by atoms with Gasteiger partial charge in [-0.2, -0.15) is 0 Å². The molecule has 0 aliphatic carbocycles. The van der Waals surface area contributed by atoms with Gasteiger partial charge >= 0.3 is 29.6 Å². The molecule has 0 bridgehead atoms. The van der Waals surface area contributed by atoms with Crippen LogP contribution < -0.4 is 29.6 Å². The zero-order valence-electron chi connectivity index (χ0n) is 4.07. The molecule has 0 unspecified atom stereocenters. The van der Waals surface area contributed by atoms with Crippen LogP contribution in [0.5, 0.6) is 0 Å². The van der Waals surface area contributed by atoms with Crippen molar-refractivity contribution >= 4 is 0 Å². The van der Waals surface area contributed by atoms with Gasteiger partial charge in [0.2, 0.25) is 0 Å². The molecule has 0 radical (unpaired) electrons. The summed E-state index contributed by atoms with van der Waals surface area (Å²) in [4.78, 5) is 10.7. The van der Waals surface area contributed by atoms with Gasteiger partial charge in [-0.1, -0.05) is 0 Å². The zero-order valence-corrected chi connectivity index (χ0v) is 6.07. The van der Waals surface area contributed by atoms with E-state index < -0.39 is 0 Å². The van der Waals surface area contributed by atoms with E-state index in [9.17, 15) is 0 Å². The maximum atomic E-state index is 3.56. The molecule has 0 saturated carbocycles. The van der Waals surface area contributed by atoms with Gasteiger partial charge in [0.1, 0.15) is 19.0 Å². The van der Waals surface area contributed by atoms with Crippen molar-refractivity contribution in [3.63, 3.8) is 0 Å². The smallest absolute Gasteiger partial charge is 0.225 e.